The molecule has 0 spiro atoms. The summed E-state index contributed by atoms with van der Waals surface area (Å²) in [5.41, 5.74) is 9.20. The molecule has 0 radical (unpaired) electrons. The van der Waals surface area contributed by atoms with Crippen LogP contribution >= 0.6 is 0 Å². The maximum atomic E-state index is 2.37. The van der Waals surface area contributed by atoms with E-state index in [1.54, 1.807) is 11.0 Å². The highest BCUT2D eigenvalue weighted by Crippen LogP contribution is 2.32. The molecule has 0 N–H and O–H groups in total. The van der Waals surface area contributed by atoms with Crippen LogP contribution in [0.3, 0.4) is 0 Å². The molecule has 0 fully saturated rings. The Morgan fingerprint density at radius 3 is 2.24 bits per heavy atom. The van der Waals surface area contributed by atoms with Gasteiger partial charge in [-0.15, -0.1) is 0 Å². The van der Waals surface area contributed by atoms with Gasteiger partial charge in [0.15, 0.2) is 0 Å². The second kappa shape index (κ2) is 5.37. The van der Waals surface area contributed by atoms with Gasteiger partial charge in [0, 0.05) is 0 Å². The van der Waals surface area contributed by atoms with Crippen LogP contribution in [0, 0.1) is 0 Å². The molecule has 0 saturated carbocycles. The Labute approximate surface area is 129 Å². The van der Waals surface area contributed by atoms with E-state index in [0.29, 0.717) is 18.4 Å². The highest BCUT2D eigenvalue weighted by molar-refractivity contribution is 6.90. The van der Waals surface area contributed by atoms with E-state index in [0.717, 1.165) is 6.42 Å². The van der Waals surface area contributed by atoms with Crippen molar-refractivity contribution in [1.29, 1.82) is 0 Å². The van der Waals surface area contributed by atoms with Crippen LogP contribution in [-0.2, 0) is 6.42 Å². The Morgan fingerprint density at radius 2 is 1.62 bits per heavy atom. The minimum atomic E-state index is 0.560. The van der Waals surface area contributed by atoms with Gasteiger partial charge in [0.2, 0.25) is 6.71 Å². The van der Waals surface area contributed by atoms with Gasteiger partial charge in [-0.25, -0.2) is 0 Å². The van der Waals surface area contributed by atoms with Crippen molar-refractivity contribution >= 4 is 17.6 Å². The standard InChI is InChI=1S/C20H25B/c1-6-15-16(13(2)3)11-12-18-17-9-7-8-10-19(17)21(14(4)5)20(15)18/h7-14H,6H2,1-5H3. The van der Waals surface area contributed by atoms with Crippen LogP contribution in [0.4, 0.5) is 0 Å². The first-order valence-corrected chi connectivity index (χ1v) is 8.31. The van der Waals surface area contributed by atoms with E-state index in [1.165, 1.54) is 22.2 Å². The summed E-state index contributed by atoms with van der Waals surface area (Å²) >= 11 is 0. The molecule has 0 nitrogen and oxygen atoms in total. The van der Waals surface area contributed by atoms with Gasteiger partial charge in [0.25, 0.3) is 0 Å². The zero-order valence-corrected chi connectivity index (χ0v) is 13.9. The topological polar surface area (TPSA) is 0 Å². The van der Waals surface area contributed by atoms with E-state index in [1.807, 2.05) is 0 Å². The highest BCUT2D eigenvalue weighted by atomic mass is 14.2. The van der Waals surface area contributed by atoms with Crippen LogP contribution in [0.25, 0.3) is 11.1 Å². The van der Waals surface area contributed by atoms with E-state index < -0.39 is 0 Å². The van der Waals surface area contributed by atoms with Crippen LogP contribution in [0.1, 0.15) is 51.7 Å². The number of benzene rings is 2. The number of hydrogen-bond acceptors (Lipinski definition) is 0. The predicted molar refractivity (Wildman–Crippen MR) is 95.5 cm³/mol. The van der Waals surface area contributed by atoms with Crippen LogP contribution in [-0.4, -0.2) is 6.71 Å². The maximum absolute atomic E-state index is 2.37. The summed E-state index contributed by atoms with van der Waals surface area (Å²) in [6.07, 6.45) is 1.13. The summed E-state index contributed by atoms with van der Waals surface area (Å²) < 4.78 is 0. The fraction of sp³-hybridized carbons (Fsp3) is 0.400. The summed E-state index contributed by atoms with van der Waals surface area (Å²) in [5.74, 6) is 1.24. The van der Waals surface area contributed by atoms with Crippen molar-refractivity contribution in [3.63, 3.8) is 0 Å². The average molecular weight is 276 g/mol. The van der Waals surface area contributed by atoms with Crippen molar-refractivity contribution in [1.82, 2.24) is 0 Å². The molecule has 2 aromatic rings. The first-order valence-electron chi connectivity index (χ1n) is 8.31. The molecule has 1 aliphatic rings. The third kappa shape index (κ3) is 2.14. The van der Waals surface area contributed by atoms with Crippen molar-refractivity contribution in [2.24, 2.45) is 0 Å². The zero-order chi connectivity index (χ0) is 15.1. The largest absolute Gasteiger partial charge is 0.213 e. The van der Waals surface area contributed by atoms with Crippen molar-refractivity contribution in [3.8, 4) is 11.1 Å². The maximum Gasteiger partial charge on any atom is 0.213 e. The van der Waals surface area contributed by atoms with Gasteiger partial charge in [0.05, 0.1) is 0 Å². The lowest BCUT2D eigenvalue weighted by molar-refractivity contribution is 0.847. The second-order valence-corrected chi connectivity index (χ2v) is 6.91. The molecule has 21 heavy (non-hydrogen) atoms. The normalized spacial score (nSPS) is 13.0. The fourth-order valence-electron chi connectivity index (χ4n) is 4.07. The monoisotopic (exact) mass is 276 g/mol. The molecule has 2 aromatic carbocycles. The Kier molecular flexibility index (Phi) is 3.69. The van der Waals surface area contributed by atoms with Gasteiger partial charge < -0.3 is 0 Å². The lowest BCUT2D eigenvalue weighted by Crippen LogP contribution is -2.42. The molecular weight excluding hydrogens is 251 g/mol. The Balaban J connectivity index is 2.32. The lowest BCUT2D eigenvalue weighted by Gasteiger charge is -2.21. The Bertz CT molecular complexity index is 668. The van der Waals surface area contributed by atoms with Gasteiger partial charge >= 0.3 is 0 Å². The number of fused-ring (bicyclic) bond motifs is 3. The van der Waals surface area contributed by atoms with Gasteiger partial charge in [-0.2, -0.15) is 0 Å². The molecular formula is C20H25B. The van der Waals surface area contributed by atoms with Crippen molar-refractivity contribution < 1.29 is 0 Å². The zero-order valence-electron chi connectivity index (χ0n) is 13.9. The number of hydrogen-bond donors (Lipinski definition) is 0. The molecule has 0 unspecified atom stereocenters. The quantitative estimate of drug-likeness (QED) is 0.730. The molecule has 0 atom stereocenters. The summed E-state index contributed by atoms with van der Waals surface area (Å²) in [6, 6.07) is 13.7. The smallest absolute Gasteiger partial charge is 0.0687 e. The first kappa shape index (κ1) is 14.4. The highest BCUT2D eigenvalue weighted by Gasteiger charge is 2.36. The SMILES string of the molecule is CCc1c(C(C)C)ccc2c1B(C(C)C)c1ccccc1-2. The van der Waals surface area contributed by atoms with Crippen LogP contribution in [0.2, 0.25) is 5.82 Å². The molecule has 0 aromatic heterocycles. The van der Waals surface area contributed by atoms with Gasteiger partial charge in [-0.1, -0.05) is 87.8 Å². The van der Waals surface area contributed by atoms with E-state index in [2.05, 4.69) is 71.0 Å². The van der Waals surface area contributed by atoms with E-state index in [4.69, 9.17) is 0 Å². The van der Waals surface area contributed by atoms with Crippen LogP contribution in [0.5, 0.6) is 0 Å². The molecule has 1 aliphatic heterocycles. The molecule has 3 rings (SSSR count). The molecule has 108 valence electrons. The fourth-order valence-corrected chi connectivity index (χ4v) is 4.07. The average Bonchev–Trinajstić information content (AvgIpc) is 2.80. The molecule has 0 amide bonds. The second-order valence-electron chi connectivity index (χ2n) is 6.91. The summed E-state index contributed by atoms with van der Waals surface area (Å²) in [6.45, 7) is 12.2. The van der Waals surface area contributed by atoms with E-state index in [-0.39, 0.29) is 0 Å². The lowest BCUT2D eigenvalue weighted by atomic mass is 9.35. The summed E-state index contributed by atoms with van der Waals surface area (Å²) in [7, 11) is 0. The third-order valence-corrected chi connectivity index (χ3v) is 4.93. The predicted octanol–water partition coefficient (Wildman–Crippen LogP) is 4.37. The Hall–Kier alpha value is -1.50. The third-order valence-electron chi connectivity index (χ3n) is 4.93. The van der Waals surface area contributed by atoms with Crippen LogP contribution < -0.4 is 10.9 Å². The van der Waals surface area contributed by atoms with Gasteiger partial charge in [-0.05, 0) is 34.6 Å². The van der Waals surface area contributed by atoms with Crippen molar-refractivity contribution in [3.05, 3.63) is 47.5 Å². The summed E-state index contributed by atoms with van der Waals surface area (Å²) in [4.78, 5) is 0. The van der Waals surface area contributed by atoms with Crippen molar-refractivity contribution in [2.75, 3.05) is 0 Å². The molecule has 1 heteroatoms. The Morgan fingerprint density at radius 1 is 0.905 bits per heavy atom. The van der Waals surface area contributed by atoms with E-state index in [9.17, 15) is 0 Å². The number of rotatable bonds is 3. The molecule has 0 aliphatic carbocycles. The molecule has 0 saturated heterocycles. The van der Waals surface area contributed by atoms with Gasteiger partial charge in [-0.3, -0.25) is 0 Å². The minimum Gasteiger partial charge on any atom is -0.0687 e. The molecule has 0 bridgehead atoms. The van der Waals surface area contributed by atoms with Crippen molar-refractivity contribution in [2.45, 2.75) is 52.8 Å². The van der Waals surface area contributed by atoms with Gasteiger partial charge in [0.1, 0.15) is 0 Å². The van der Waals surface area contributed by atoms with Crippen LogP contribution in [0.15, 0.2) is 36.4 Å². The first-order chi connectivity index (χ1) is 10.1. The summed E-state index contributed by atoms with van der Waals surface area (Å²) in [5, 5.41) is 0. The molecule has 1 heterocycles. The van der Waals surface area contributed by atoms with E-state index >= 15 is 0 Å². The minimum absolute atomic E-state index is 0.560.